The number of carbonyl (C=O) groups excluding carboxylic acids is 3. The number of aryl methyl sites for hydroxylation is 1. The molecule has 4 rings (SSSR count). The van der Waals surface area contributed by atoms with E-state index in [9.17, 15) is 14.4 Å². The van der Waals surface area contributed by atoms with Crippen LogP contribution in [0.1, 0.15) is 53.4 Å². The van der Waals surface area contributed by atoms with Crippen molar-refractivity contribution in [2.75, 3.05) is 18.1 Å². The van der Waals surface area contributed by atoms with Crippen molar-refractivity contribution in [3.05, 3.63) is 45.6 Å². The maximum atomic E-state index is 12.9. The summed E-state index contributed by atoms with van der Waals surface area (Å²) in [4.78, 5) is 40.3. The Morgan fingerprint density at radius 3 is 2.80 bits per heavy atom. The average molecular weight is 427 g/mol. The first kappa shape index (κ1) is 20.6. The molecule has 0 saturated heterocycles. The molecule has 1 fully saturated rings. The summed E-state index contributed by atoms with van der Waals surface area (Å²) in [6, 6.07) is 7.22. The zero-order valence-electron chi connectivity index (χ0n) is 17.3. The highest BCUT2D eigenvalue weighted by Crippen LogP contribution is 2.36. The van der Waals surface area contributed by atoms with Crippen LogP contribution in [0.3, 0.4) is 0 Å². The van der Waals surface area contributed by atoms with Crippen LogP contribution in [-0.4, -0.2) is 36.8 Å². The van der Waals surface area contributed by atoms with Gasteiger partial charge in [0.2, 0.25) is 11.7 Å². The van der Waals surface area contributed by atoms with E-state index >= 15 is 0 Å². The molecule has 2 aromatic rings. The number of fused-ring (bicyclic) bond motifs is 1. The molecule has 7 heteroatoms. The molecule has 1 saturated carbocycles. The monoisotopic (exact) mass is 426 g/mol. The summed E-state index contributed by atoms with van der Waals surface area (Å²) < 4.78 is 5.59. The maximum absolute atomic E-state index is 12.9. The topological polar surface area (TPSA) is 75.7 Å². The minimum atomic E-state index is -0.285. The second-order valence-corrected chi connectivity index (χ2v) is 9.09. The average Bonchev–Trinajstić information content (AvgIpc) is 3.26. The number of nitrogens with one attached hydrogen (secondary N) is 1. The highest BCUT2D eigenvalue weighted by atomic mass is 32.1. The second kappa shape index (κ2) is 8.60. The van der Waals surface area contributed by atoms with Crippen molar-refractivity contribution >= 4 is 34.6 Å². The number of rotatable bonds is 5. The van der Waals surface area contributed by atoms with Crippen molar-refractivity contribution in [3.8, 4) is 5.75 Å². The molecular formula is C23H26N2O4S. The Balaban J connectivity index is 1.58. The fourth-order valence-corrected chi connectivity index (χ4v) is 4.91. The Morgan fingerprint density at radius 1 is 1.27 bits per heavy atom. The Hall–Kier alpha value is -2.67. The highest BCUT2D eigenvalue weighted by molar-refractivity contribution is 7.12. The molecule has 1 aliphatic heterocycles. The van der Waals surface area contributed by atoms with Gasteiger partial charge in [0.1, 0.15) is 12.3 Å². The van der Waals surface area contributed by atoms with Crippen molar-refractivity contribution in [3.63, 3.8) is 0 Å². The molecule has 2 amide bonds. The van der Waals surface area contributed by atoms with Crippen molar-refractivity contribution in [2.24, 2.45) is 5.92 Å². The number of hydrogen-bond donors (Lipinski definition) is 1. The fourth-order valence-electron chi connectivity index (χ4n) is 4.23. The Bertz CT molecular complexity index is 970. The summed E-state index contributed by atoms with van der Waals surface area (Å²) in [7, 11) is 0. The van der Waals surface area contributed by atoms with Crippen LogP contribution >= 0.6 is 11.3 Å². The zero-order chi connectivity index (χ0) is 21.3. The lowest BCUT2D eigenvalue weighted by molar-refractivity contribution is -0.126. The fraction of sp³-hybridized carbons (Fsp3) is 0.435. The summed E-state index contributed by atoms with van der Waals surface area (Å²) in [6.07, 6.45) is 4.39. The molecule has 1 aromatic heterocycles. The molecule has 2 heterocycles. The molecule has 0 radical (unpaired) electrons. The van der Waals surface area contributed by atoms with E-state index in [2.05, 4.69) is 12.2 Å². The molecule has 1 aliphatic carbocycles. The van der Waals surface area contributed by atoms with Gasteiger partial charge >= 0.3 is 0 Å². The molecule has 2 atom stereocenters. The Labute approximate surface area is 180 Å². The van der Waals surface area contributed by atoms with E-state index in [0.717, 1.165) is 24.8 Å². The first-order valence-electron chi connectivity index (χ1n) is 10.4. The number of ketones is 1. The third-order valence-corrected chi connectivity index (χ3v) is 6.87. The smallest absolute Gasteiger partial charge is 0.265 e. The molecule has 0 spiro atoms. The molecule has 0 bridgehead atoms. The van der Waals surface area contributed by atoms with E-state index in [1.165, 1.54) is 22.7 Å². The predicted molar refractivity (Wildman–Crippen MR) is 116 cm³/mol. The van der Waals surface area contributed by atoms with Crippen LogP contribution in [0.15, 0.2) is 29.6 Å². The Kier molecular flexibility index (Phi) is 5.90. The van der Waals surface area contributed by atoms with Crippen molar-refractivity contribution in [1.29, 1.82) is 0 Å². The van der Waals surface area contributed by atoms with Gasteiger partial charge in [0.15, 0.2) is 6.61 Å². The van der Waals surface area contributed by atoms with Crippen LogP contribution in [-0.2, 0) is 9.59 Å². The Morgan fingerprint density at radius 2 is 2.07 bits per heavy atom. The quantitative estimate of drug-likeness (QED) is 0.740. The lowest BCUT2D eigenvalue weighted by atomic mass is 9.86. The number of carbonyl (C=O) groups is 3. The summed E-state index contributed by atoms with van der Waals surface area (Å²) in [5.41, 5.74) is 1.77. The maximum Gasteiger partial charge on any atom is 0.265 e. The van der Waals surface area contributed by atoms with Crippen LogP contribution in [0.4, 0.5) is 5.69 Å². The van der Waals surface area contributed by atoms with Crippen LogP contribution in [0.25, 0.3) is 0 Å². The molecule has 1 N–H and O–H groups in total. The minimum absolute atomic E-state index is 0.0753. The number of hydrogen-bond acceptors (Lipinski definition) is 5. The van der Waals surface area contributed by atoms with Gasteiger partial charge in [-0.25, -0.2) is 0 Å². The minimum Gasteiger partial charge on any atom is -0.482 e. The third kappa shape index (κ3) is 4.12. The second-order valence-electron chi connectivity index (χ2n) is 8.15. The van der Waals surface area contributed by atoms with Gasteiger partial charge in [-0.05, 0) is 54.8 Å². The number of amides is 2. The summed E-state index contributed by atoms with van der Waals surface area (Å²) in [6.45, 7) is 3.82. The van der Waals surface area contributed by atoms with Gasteiger partial charge in [-0.2, -0.15) is 0 Å². The summed E-state index contributed by atoms with van der Waals surface area (Å²) >= 11 is 1.38. The van der Waals surface area contributed by atoms with Crippen molar-refractivity contribution < 1.29 is 19.1 Å². The number of anilines is 1. The lowest BCUT2D eigenvalue weighted by Crippen LogP contribution is -2.49. The van der Waals surface area contributed by atoms with Gasteiger partial charge in [0.25, 0.3) is 5.91 Å². The highest BCUT2D eigenvalue weighted by Gasteiger charge is 2.31. The molecule has 6 nitrogen and oxygen atoms in total. The molecule has 1 aromatic carbocycles. The summed E-state index contributed by atoms with van der Waals surface area (Å²) in [5.74, 6) is 0.403. The number of ether oxygens (including phenoxy) is 1. The van der Waals surface area contributed by atoms with E-state index in [0.29, 0.717) is 27.8 Å². The van der Waals surface area contributed by atoms with Crippen molar-refractivity contribution in [2.45, 2.75) is 45.6 Å². The van der Waals surface area contributed by atoms with Gasteiger partial charge in [0.05, 0.1) is 10.6 Å². The predicted octanol–water partition coefficient (Wildman–Crippen LogP) is 3.71. The van der Waals surface area contributed by atoms with E-state index in [1.54, 1.807) is 18.2 Å². The van der Waals surface area contributed by atoms with E-state index in [4.69, 9.17) is 4.74 Å². The number of nitrogens with zero attached hydrogens (tertiary/aromatic N) is 1. The van der Waals surface area contributed by atoms with Gasteiger partial charge in [-0.15, -0.1) is 11.3 Å². The normalized spacial score (nSPS) is 21.0. The number of benzene rings is 1. The van der Waals surface area contributed by atoms with Gasteiger partial charge in [-0.3, -0.25) is 19.3 Å². The van der Waals surface area contributed by atoms with E-state index in [-0.39, 0.29) is 36.8 Å². The molecule has 158 valence electrons. The van der Waals surface area contributed by atoms with Gasteiger partial charge in [0, 0.05) is 11.6 Å². The lowest BCUT2D eigenvalue weighted by Gasteiger charge is -2.32. The van der Waals surface area contributed by atoms with Crippen LogP contribution in [0.5, 0.6) is 5.75 Å². The standard InChI is InChI=1S/C23H26N2O4S/c1-14-6-3-4-7-17(14)24-21(26)12-25-18-11-16(23(28)20-8-5-9-30-20)15(2)10-19(18)29-13-22(25)27/h5,8-11,14,17H,3-4,6-7,12-13H2,1-2H3,(H,24,26)/t14-,17+/m0/s1. The van der Waals surface area contributed by atoms with E-state index < -0.39 is 0 Å². The molecule has 0 unspecified atom stereocenters. The first-order chi connectivity index (χ1) is 14.4. The largest absolute Gasteiger partial charge is 0.482 e. The summed E-state index contributed by atoms with van der Waals surface area (Å²) in [5, 5.41) is 4.96. The van der Waals surface area contributed by atoms with Gasteiger partial charge < -0.3 is 10.1 Å². The number of thiophene rings is 1. The van der Waals surface area contributed by atoms with Gasteiger partial charge in [-0.1, -0.05) is 25.8 Å². The SMILES string of the molecule is Cc1cc2c(cc1C(=O)c1cccs1)N(CC(=O)N[C@@H]1CCCC[C@@H]1C)C(=O)CO2. The zero-order valence-corrected chi connectivity index (χ0v) is 18.1. The third-order valence-electron chi connectivity index (χ3n) is 6.00. The first-order valence-corrected chi connectivity index (χ1v) is 11.3. The van der Waals surface area contributed by atoms with Crippen LogP contribution < -0.4 is 15.0 Å². The van der Waals surface area contributed by atoms with Crippen molar-refractivity contribution in [1.82, 2.24) is 5.32 Å². The van der Waals surface area contributed by atoms with Crippen LogP contribution in [0, 0.1) is 12.8 Å². The van der Waals surface area contributed by atoms with Crippen LogP contribution in [0.2, 0.25) is 0 Å². The molecular weight excluding hydrogens is 400 g/mol. The van der Waals surface area contributed by atoms with E-state index in [1.807, 2.05) is 18.4 Å². The molecule has 2 aliphatic rings. The molecule has 30 heavy (non-hydrogen) atoms.